The maximum Gasteiger partial charge on any atom is 0.224 e. The SMILES string of the molecule is CCN(CC)CC(C)Nc1cc2c(cc1N)CCC(=O)N2. The number of hydrogen-bond donors (Lipinski definition) is 3. The van der Waals surface area contributed by atoms with Gasteiger partial charge in [-0.15, -0.1) is 0 Å². The predicted molar refractivity (Wildman–Crippen MR) is 88.7 cm³/mol. The van der Waals surface area contributed by atoms with Gasteiger partial charge in [-0.3, -0.25) is 4.79 Å². The second-order valence-corrected chi connectivity index (χ2v) is 5.68. The van der Waals surface area contributed by atoms with Gasteiger partial charge in [-0.05, 0) is 44.1 Å². The minimum absolute atomic E-state index is 0.0782. The Kier molecular flexibility index (Phi) is 5.07. The van der Waals surface area contributed by atoms with Crippen molar-refractivity contribution in [2.24, 2.45) is 0 Å². The predicted octanol–water partition coefficient (Wildman–Crippen LogP) is 2.30. The Bertz CT molecular complexity index is 511. The molecule has 2 rings (SSSR count). The number of likely N-dealkylation sites (N-methyl/N-ethyl adjacent to an activating group) is 1. The summed E-state index contributed by atoms with van der Waals surface area (Å²) in [7, 11) is 0. The van der Waals surface area contributed by atoms with Crippen LogP contribution in [0.5, 0.6) is 0 Å². The highest BCUT2D eigenvalue weighted by atomic mass is 16.1. The van der Waals surface area contributed by atoms with Gasteiger partial charge in [-0.2, -0.15) is 0 Å². The summed E-state index contributed by atoms with van der Waals surface area (Å²) in [6, 6.07) is 4.23. The number of fused-ring (bicyclic) bond motifs is 1. The zero-order valence-electron chi connectivity index (χ0n) is 13.2. The number of nitrogen functional groups attached to an aromatic ring is 1. The fourth-order valence-corrected chi connectivity index (χ4v) is 2.75. The summed E-state index contributed by atoms with van der Waals surface area (Å²) in [5.41, 5.74) is 9.79. The lowest BCUT2D eigenvalue weighted by atomic mass is 10.0. The molecule has 116 valence electrons. The normalized spacial score (nSPS) is 15.5. The number of benzene rings is 1. The van der Waals surface area contributed by atoms with Crippen molar-refractivity contribution < 1.29 is 4.79 Å². The molecule has 1 amide bonds. The molecule has 5 nitrogen and oxygen atoms in total. The summed E-state index contributed by atoms with van der Waals surface area (Å²) in [5.74, 6) is 0.0782. The number of rotatable bonds is 6. The molecule has 21 heavy (non-hydrogen) atoms. The van der Waals surface area contributed by atoms with Gasteiger partial charge in [0.1, 0.15) is 0 Å². The van der Waals surface area contributed by atoms with Gasteiger partial charge < -0.3 is 21.3 Å². The Morgan fingerprint density at radius 3 is 2.71 bits per heavy atom. The summed E-state index contributed by atoms with van der Waals surface area (Å²) in [4.78, 5) is 13.9. The summed E-state index contributed by atoms with van der Waals surface area (Å²) >= 11 is 0. The van der Waals surface area contributed by atoms with Gasteiger partial charge in [0.25, 0.3) is 0 Å². The van der Waals surface area contributed by atoms with Crippen molar-refractivity contribution in [3.05, 3.63) is 17.7 Å². The molecular formula is C16H26N4O. The molecule has 4 N–H and O–H groups in total. The third-order valence-corrected chi connectivity index (χ3v) is 4.00. The van der Waals surface area contributed by atoms with Crippen LogP contribution in [-0.2, 0) is 11.2 Å². The lowest BCUT2D eigenvalue weighted by Crippen LogP contribution is -2.35. The van der Waals surface area contributed by atoms with Crippen molar-refractivity contribution in [3.63, 3.8) is 0 Å². The first kappa shape index (κ1) is 15.6. The maximum absolute atomic E-state index is 11.5. The molecule has 0 radical (unpaired) electrons. The highest BCUT2D eigenvalue weighted by Crippen LogP contribution is 2.31. The lowest BCUT2D eigenvalue weighted by molar-refractivity contribution is -0.116. The molecule has 0 saturated heterocycles. The molecule has 0 fully saturated rings. The fourth-order valence-electron chi connectivity index (χ4n) is 2.75. The van der Waals surface area contributed by atoms with E-state index in [4.69, 9.17) is 5.73 Å². The van der Waals surface area contributed by atoms with Crippen LogP contribution in [0.3, 0.4) is 0 Å². The lowest BCUT2D eigenvalue weighted by Gasteiger charge is -2.26. The molecule has 1 unspecified atom stereocenters. The van der Waals surface area contributed by atoms with E-state index in [0.717, 1.165) is 48.7 Å². The molecular weight excluding hydrogens is 264 g/mol. The molecule has 0 bridgehead atoms. The van der Waals surface area contributed by atoms with Crippen LogP contribution in [0.15, 0.2) is 12.1 Å². The van der Waals surface area contributed by atoms with Crippen LogP contribution in [0.4, 0.5) is 17.1 Å². The van der Waals surface area contributed by atoms with E-state index < -0.39 is 0 Å². The van der Waals surface area contributed by atoms with Crippen LogP contribution in [0.2, 0.25) is 0 Å². The van der Waals surface area contributed by atoms with E-state index >= 15 is 0 Å². The zero-order valence-corrected chi connectivity index (χ0v) is 13.2. The standard InChI is InChI=1S/C16H26N4O/c1-4-20(5-2)10-11(3)18-15-9-14-12(8-13(15)17)6-7-16(21)19-14/h8-9,11,18H,4-7,10,17H2,1-3H3,(H,19,21). The van der Waals surface area contributed by atoms with Crippen molar-refractivity contribution in [1.29, 1.82) is 0 Å². The Hall–Kier alpha value is -1.75. The van der Waals surface area contributed by atoms with Gasteiger partial charge in [-0.1, -0.05) is 13.8 Å². The molecule has 0 aromatic heterocycles. The van der Waals surface area contributed by atoms with E-state index in [1.54, 1.807) is 0 Å². The number of aryl methyl sites for hydroxylation is 1. The Balaban J connectivity index is 2.09. The van der Waals surface area contributed by atoms with Gasteiger partial charge in [-0.25, -0.2) is 0 Å². The summed E-state index contributed by atoms with van der Waals surface area (Å²) < 4.78 is 0. The van der Waals surface area contributed by atoms with Crippen LogP contribution in [0, 0.1) is 0 Å². The van der Waals surface area contributed by atoms with Crippen molar-refractivity contribution >= 4 is 23.0 Å². The molecule has 1 aliphatic heterocycles. The van der Waals surface area contributed by atoms with E-state index in [-0.39, 0.29) is 5.91 Å². The number of anilines is 3. The van der Waals surface area contributed by atoms with Crippen LogP contribution in [0.1, 0.15) is 32.8 Å². The highest BCUT2D eigenvalue weighted by Gasteiger charge is 2.17. The average molecular weight is 290 g/mol. The number of nitrogens with one attached hydrogen (secondary N) is 2. The first-order valence-electron chi connectivity index (χ1n) is 7.74. The number of carbonyl (C=O) groups is 1. The molecule has 1 aromatic carbocycles. The quantitative estimate of drug-likeness (QED) is 0.703. The third kappa shape index (κ3) is 3.88. The van der Waals surface area contributed by atoms with Crippen molar-refractivity contribution in [1.82, 2.24) is 4.90 Å². The van der Waals surface area contributed by atoms with Gasteiger partial charge in [0.15, 0.2) is 0 Å². The van der Waals surface area contributed by atoms with Gasteiger partial charge in [0, 0.05) is 24.7 Å². The van der Waals surface area contributed by atoms with E-state index in [0.29, 0.717) is 12.5 Å². The van der Waals surface area contributed by atoms with Gasteiger partial charge in [0.05, 0.1) is 11.4 Å². The third-order valence-electron chi connectivity index (χ3n) is 4.00. The number of nitrogens with two attached hydrogens (primary N) is 1. The largest absolute Gasteiger partial charge is 0.397 e. The topological polar surface area (TPSA) is 70.4 Å². The maximum atomic E-state index is 11.5. The molecule has 1 aliphatic rings. The average Bonchev–Trinajstić information content (AvgIpc) is 2.46. The number of carbonyl (C=O) groups excluding carboxylic acids is 1. The van der Waals surface area contributed by atoms with Crippen LogP contribution >= 0.6 is 0 Å². The van der Waals surface area contributed by atoms with E-state index in [2.05, 4.69) is 36.3 Å². The van der Waals surface area contributed by atoms with Gasteiger partial charge >= 0.3 is 0 Å². The monoisotopic (exact) mass is 290 g/mol. The van der Waals surface area contributed by atoms with Gasteiger partial charge in [0.2, 0.25) is 5.91 Å². The van der Waals surface area contributed by atoms with Crippen molar-refractivity contribution in [3.8, 4) is 0 Å². The first-order valence-corrected chi connectivity index (χ1v) is 7.74. The minimum atomic E-state index is 0.0782. The summed E-state index contributed by atoms with van der Waals surface area (Å²) in [5, 5.41) is 6.38. The molecule has 0 aliphatic carbocycles. The van der Waals surface area contributed by atoms with Crippen LogP contribution in [-0.4, -0.2) is 36.5 Å². The van der Waals surface area contributed by atoms with Crippen LogP contribution in [0.25, 0.3) is 0 Å². The van der Waals surface area contributed by atoms with E-state index in [9.17, 15) is 4.79 Å². The smallest absolute Gasteiger partial charge is 0.224 e. The second kappa shape index (κ2) is 6.80. The molecule has 0 spiro atoms. The Labute approximate surface area is 126 Å². The van der Waals surface area contributed by atoms with Crippen LogP contribution < -0.4 is 16.4 Å². The van der Waals surface area contributed by atoms with E-state index in [1.165, 1.54) is 0 Å². The molecule has 5 heteroatoms. The Morgan fingerprint density at radius 2 is 2.05 bits per heavy atom. The summed E-state index contributed by atoms with van der Waals surface area (Å²) in [6.07, 6.45) is 1.30. The Morgan fingerprint density at radius 1 is 1.33 bits per heavy atom. The van der Waals surface area contributed by atoms with Crippen molar-refractivity contribution in [2.45, 2.75) is 39.7 Å². The summed E-state index contributed by atoms with van der Waals surface area (Å²) in [6.45, 7) is 9.53. The molecule has 1 atom stereocenters. The van der Waals surface area contributed by atoms with Crippen molar-refractivity contribution in [2.75, 3.05) is 36.0 Å². The molecule has 0 saturated carbocycles. The number of nitrogens with zero attached hydrogens (tertiary/aromatic N) is 1. The van der Waals surface area contributed by atoms with E-state index in [1.807, 2.05) is 12.1 Å². The highest BCUT2D eigenvalue weighted by molar-refractivity contribution is 5.95. The fraction of sp³-hybridized carbons (Fsp3) is 0.562. The number of amides is 1. The minimum Gasteiger partial charge on any atom is -0.397 e. The zero-order chi connectivity index (χ0) is 15.4. The number of hydrogen-bond acceptors (Lipinski definition) is 4. The first-order chi connectivity index (χ1) is 10.0. The molecule has 1 heterocycles. The molecule has 1 aromatic rings. The second-order valence-electron chi connectivity index (χ2n) is 5.68.